The molecule has 2 amide bonds. The molecule has 4 rings (SSSR count). The molecule has 0 spiro atoms. The number of nitrogens with zero attached hydrogens (tertiary/aromatic N) is 5. The molecule has 1 saturated carbocycles. The minimum atomic E-state index is -0.360. The van der Waals surface area contributed by atoms with E-state index in [-0.39, 0.29) is 29.4 Å². The van der Waals surface area contributed by atoms with Crippen molar-refractivity contribution in [1.29, 1.82) is 5.26 Å². The second-order valence-electron chi connectivity index (χ2n) is 8.52. The van der Waals surface area contributed by atoms with E-state index >= 15 is 0 Å². The zero-order valence-corrected chi connectivity index (χ0v) is 20.2. The van der Waals surface area contributed by atoms with Crippen LogP contribution in [0.5, 0.6) is 0 Å². The molecule has 2 heterocycles. The predicted molar refractivity (Wildman–Crippen MR) is 129 cm³/mol. The van der Waals surface area contributed by atoms with Crippen LogP contribution in [0.3, 0.4) is 0 Å². The normalized spacial score (nSPS) is 16.9. The van der Waals surface area contributed by atoms with E-state index in [0.717, 1.165) is 25.7 Å². The van der Waals surface area contributed by atoms with Crippen LogP contribution in [0.15, 0.2) is 28.2 Å². The zero-order valence-electron chi connectivity index (χ0n) is 19.4. The van der Waals surface area contributed by atoms with Crippen LogP contribution in [0.2, 0.25) is 0 Å². The van der Waals surface area contributed by atoms with Crippen molar-refractivity contribution in [1.82, 2.24) is 19.4 Å². The monoisotopic (exact) mass is 483 g/mol. The van der Waals surface area contributed by atoms with Gasteiger partial charge in [-0.1, -0.05) is 31.0 Å². The van der Waals surface area contributed by atoms with Gasteiger partial charge in [0.2, 0.25) is 0 Å². The maximum absolute atomic E-state index is 13.4. The van der Waals surface area contributed by atoms with Crippen molar-refractivity contribution >= 4 is 34.7 Å². The van der Waals surface area contributed by atoms with Gasteiger partial charge < -0.3 is 14.5 Å². The van der Waals surface area contributed by atoms with Crippen molar-refractivity contribution in [3.05, 3.63) is 34.1 Å². The Labute approximate surface area is 202 Å². The molecule has 180 valence electrons. The van der Waals surface area contributed by atoms with Gasteiger partial charge in [0.25, 0.3) is 11.5 Å². The van der Waals surface area contributed by atoms with Crippen molar-refractivity contribution in [2.45, 2.75) is 50.2 Å². The topological polar surface area (TPSA) is 109 Å². The van der Waals surface area contributed by atoms with E-state index in [9.17, 15) is 14.4 Å². The summed E-state index contributed by atoms with van der Waals surface area (Å²) in [5.74, 6) is 0.0449. The summed E-state index contributed by atoms with van der Waals surface area (Å²) in [5.41, 5.74) is 0.809. The highest BCUT2D eigenvalue weighted by Crippen LogP contribution is 2.31. The SMILES string of the molecule is CCOC(=O)N1CCN(C(=O)c2ccc3c(=O)n(C4CCCCC4)c(SCC#N)nc3c2)CC1. The number of hydrogen-bond acceptors (Lipinski definition) is 7. The largest absolute Gasteiger partial charge is 0.450 e. The van der Waals surface area contributed by atoms with E-state index in [1.807, 2.05) is 0 Å². The van der Waals surface area contributed by atoms with Gasteiger partial charge in [0.1, 0.15) is 0 Å². The Morgan fingerprint density at radius 2 is 1.85 bits per heavy atom. The highest BCUT2D eigenvalue weighted by Gasteiger charge is 2.27. The van der Waals surface area contributed by atoms with Crippen molar-refractivity contribution in [3.8, 4) is 6.07 Å². The molecule has 2 fully saturated rings. The van der Waals surface area contributed by atoms with Gasteiger partial charge in [-0.05, 0) is 38.0 Å². The number of thioether (sulfide) groups is 1. The fraction of sp³-hybridized carbons (Fsp3) is 0.542. The average molecular weight is 484 g/mol. The molecule has 1 aromatic carbocycles. The third-order valence-electron chi connectivity index (χ3n) is 6.41. The fourth-order valence-corrected chi connectivity index (χ4v) is 5.39. The van der Waals surface area contributed by atoms with E-state index in [4.69, 9.17) is 15.0 Å². The number of carbonyl (C=O) groups is 2. The number of ether oxygens (including phenoxy) is 1. The van der Waals surface area contributed by atoms with Gasteiger partial charge in [-0.2, -0.15) is 5.26 Å². The lowest BCUT2D eigenvalue weighted by Gasteiger charge is -2.34. The Balaban J connectivity index is 1.60. The molecule has 0 unspecified atom stereocenters. The van der Waals surface area contributed by atoms with Gasteiger partial charge in [0.15, 0.2) is 5.16 Å². The Morgan fingerprint density at radius 1 is 1.15 bits per heavy atom. The molecular formula is C24H29N5O4S. The van der Waals surface area contributed by atoms with Crippen LogP contribution < -0.4 is 5.56 Å². The first-order chi connectivity index (χ1) is 16.5. The van der Waals surface area contributed by atoms with Crippen molar-refractivity contribution in [3.63, 3.8) is 0 Å². The van der Waals surface area contributed by atoms with Crippen LogP contribution in [0.25, 0.3) is 10.9 Å². The first kappa shape index (κ1) is 24.1. The van der Waals surface area contributed by atoms with Crippen molar-refractivity contribution in [2.24, 2.45) is 0 Å². The van der Waals surface area contributed by atoms with Crippen LogP contribution >= 0.6 is 11.8 Å². The van der Waals surface area contributed by atoms with E-state index in [1.165, 1.54) is 18.2 Å². The Bertz CT molecular complexity index is 1160. The molecule has 0 N–H and O–H groups in total. The van der Waals surface area contributed by atoms with E-state index in [0.29, 0.717) is 54.4 Å². The summed E-state index contributed by atoms with van der Waals surface area (Å²) in [6.45, 7) is 3.74. The molecule has 0 bridgehead atoms. The highest BCUT2D eigenvalue weighted by atomic mass is 32.2. The second-order valence-corrected chi connectivity index (χ2v) is 9.46. The number of amides is 2. The van der Waals surface area contributed by atoms with Crippen molar-refractivity contribution in [2.75, 3.05) is 38.5 Å². The van der Waals surface area contributed by atoms with Gasteiger partial charge in [-0.25, -0.2) is 9.78 Å². The van der Waals surface area contributed by atoms with Crippen LogP contribution in [-0.4, -0.2) is 69.9 Å². The number of hydrogen-bond donors (Lipinski definition) is 0. The zero-order chi connectivity index (χ0) is 24.1. The van der Waals surface area contributed by atoms with Gasteiger partial charge in [0.05, 0.1) is 29.3 Å². The highest BCUT2D eigenvalue weighted by molar-refractivity contribution is 7.99. The summed E-state index contributed by atoms with van der Waals surface area (Å²) in [5, 5.41) is 10.1. The third kappa shape index (κ3) is 5.04. The van der Waals surface area contributed by atoms with Gasteiger partial charge >= 0.3 is 6.09 Å². The Kier molecular flexibility index (Phi) is 7.73. The van der Waals surface area contributed by atoms with Crippen LogP contribution in [0, 0.1) is 11.3 Å². The van der Waals surface area contributed by atoms with Gasteiger partial charge in [-0.15, -0.1) is 0 Å². The first-order valence-electron chi connectivity index (χ1n) is 11.8. The standard InChI is InChI=1S/C24H29N5O4S/c1-2-33-24(32)28-13-11-27(12-14-28)21(30)17-8-9-19-20(16-17)26-23(34-15-10-25)29(22(19)31)18-6-4-3-5-7-18/h8-9,16,18H,2-7,11-15H2,1H3. The first-order valence-corrected chi connectivity index (χ1v) is 12.8. The minimum absolute atomic E-state index is 0.0938. The van der Waals surface area contributed by atoms with Crippen LogP contribution in [0.4, 0.5) is 4.79 Å². The number of rotatable bonds is 5. The number of nitriles is 1. The lowest BCUT2D eigenvalue weighted by atomic mass is 9.95. The van der Waals surface area contributed by atoms with E-state index in [2.05, 4.69) is 6.07 Å². The summed E-state index contributed by atoms with van der Waals surface area (Å²) in [4.78, 5) is 46.5. The number of fused-ring (bicyclic) bond motifs is 1. The number of piperazine rings is 1. The molecular weight excluding hydrogens is 454 g/mol. The summed E-state index contributed by atoms with van der Waals surface area (Å²) < 4.78 is 6.80. The van der Waals surface area contributed by atoms with Gasteiger partial charge in [0, 0.05) is 37.8 Å². The molecule has 34 heavy (non-hydrogen) atoms. The number of benzene rings is 1. The summed E-state index contributed by atoms with van der Waals surface area (Å²) in [6, 6.07) is 7.24. The number of aromatic nitrogens is 2. The quantitative estimate of drug-likeness (QED) is 0.473. The minimum Gasteiger partial charge on any atom is -0.450 e. The smallest absolute Gasteiger partial charge is 0.409 e. The molecule has 0 atom stereocenters. The lowest BCUT2D eigenvalue weighted by Crippen LogP contribution is -2.50. The second kappa shape index (κ2) is 10.9. The molecule has 1 aromatic heterocycles. The molecule has 0 radical (unpaired) electrons. The fourth-order valence-electron chi connectivity index (χ4n) is 4.66. The molecule has 1 aliphatic heterocycles. The van der Waals surface area contributed by atoms with Crippen molar-refractivity contribution < 1.29 is 14.3 Å². The molecule has 1 aliphatic carbocycles. The third-order valence-corrected chi connectivity index (χ3v) is 7.23. The van der Waals surface area contributed by atoms with Gasteiger partial charge in [-0.3, -0.25) is 14.2 Å². The summed E-state index contributed by atoms with van der Waals surface area (Å²) in [7, 11) is 0. The predicted octanol–water partition coefficient (Wildman–Crippen LogP) is 3.43. The molecule has 10 heteroatoms. The van der Waals surface area contributed by atoms with Crippen LogP contribution in [0.1, 0.15) is 55.4 Å². The lowest BCUT2D eigenvalue weighted by molar-refractivity contribution is 0.0570. The molecule has 1 saturated heterocycles. The Morgan fingerprint density at radius 3 is 2.53 bits per heavy atom. The van der Waals surface area contributed by atoms with E-state index < -0.39 is 0 Å². The molecule has 2 aromatic rings. The maximum atomic E-state index is 13.4. The number of carbonyl (C=O) groups excluding carboxylic acids is 2. The van der Waals surface area contributed by atoms with Crippen LogP contribution in [-0.2, 0) is 4.74 Å². The summed E-state index contributed by atoms with van der Waals surface area (Å²) >= 11 is 1.26. The summed E-state index contributed by atoms with van der Waals surface area (Å²) in [6.07, 6.45) is 4.83. The maximum Gasteiger partial charge on any atom is 0.409 e. The molecule has 9 nitrogen and oxygen atoms in total. The molecule has 2 aliphatic rings. The van der Waals surface area contributed by atoms with E-state index in [1.54, 1.807) is 39.5 Å². The Hall–Kier alpha value is -3.06. The average Bonchev–Trinajstić information content (AvgIpc) is 2.87.